The molecular formula is C14H25N3O4. The molecule has 0 aromatic rings. The van der Waals surface area contributed by atoms with Crippen molar-refractivity contribution in [3.05, 3.63) is 0 Å². The Morgan fingerprint density at radius 1 is 1.33 bits per heavy atom. The summed E-state index contributed by atoms with van der Waals surface area (Å²) in [5.41, 5.74) is -0.625. The predicted molar refractivity (Wildman–Crippen MR) is 77.6 cm³/mol. The third-order valence-electron chi connectivity index (χ3n) is 2.95. The van der Waals surface area contributed by atoms with Gasteiger partial charge in [-0.05, 0) is 26.7 Å². The van der Waals surface area contributed by atoms with Crippen LogP contribution in [0.15, 0.2) is 0 Å². The number of amides is 3. The molecule has 1 heterocycles. The Kier molecular flexibility index (Phi) is 5.57. The molecule has 3 amide bonds. The molecule has 0 saturated carbocycles. The second-order valence-corrected chi connectivity index (χ2v) is 6.48. The maximum atomic E-state index is 12.5. The number of alkyl carbamates (subject to hydrolysis) is 1. The van der Waals surface area contributed by atoms with Crippen LogP contribution in [0.3, 0.4) is 0 Å². The average molecular weight is 299 g/mol. The monoisotopic (exact) mass is 299 g/mol. The maximum Gasteiger partial charge on any atom is 0.408 e. The van der Waals surface area contributed by atoms with Gasteiger partial charge in [-0.15, -0.1) is 0 Å². The molecule has 1 aliphatic heterocycles. The van der Waals surface area contributed by atoms with Crippen LogP contribution in [0.1, 0.15) is 34.6 Å². The Morgan fingerprint density at radius 2 is 1.95 bits per heavy atom. The Bertz CT molecular complexity index is 415. The summed E-state index contributed by atoms with van der Waals surface area (Å²) in [7, 11) is 0. The number of hydrogen-bond acceptors (Lipinski definition) is 4. The van der Waals surface area contributed by atoms with Crippen LogP contribution in [-0.2, 0) is 14.3 Å². The second-order valence-electron chi connectivity index (χ2n) is 6.48. The molecule has 2 N–H and O–H groups in total. The standard InChI is InChI=1S/C14H25N3O4/c1-9(2)11(16-13(20)21-14(3,4)5)12(19)17-7-6-15-10(18)8-17/h9,11H,6-8H2,1-5H3,(H,15,18)(H,16,20). The fourth-order valence-corrected chi connectivity index (χ4v) is 1.97. The smallest absolute Gasteiger partial charge is 0.408 e. The Morgan fingerprint density at radius 3 is 2.43 bits per heavy atom. The third-order valence-corrected chi connectivity index (χ3v) is 2.95. The number of carbonyl (C=O) groups excluding carboxylic acids is 3. The van der Waals surface area contributed by atoms with Gasteiger partial charge in [-0.3, -0.25) is 9.59 Å². The van der Waals surface area contributed by atoms with Crippen LogP contribution < -0.4 is 10.6 Å². The Hall–Kier alpha value is -1.79. The van der Waals surface area contributed by atoms with E-state index in [1.54, 1.807) is 20.8 Å². The van der Waals surface area contributed by atoms with E-state index in [-0.39, 0.29) is 24.3 Å². The lowest BCUT2D eigenvalue weighted by atomic mass is 10.0. The van der Waals surface area contributed by atoms with Crippen molar-refractivity contribution >= 4 is 17.9 Å². The van der Waals surface area contributed by atoms with Gasteiger partial charge in [0.2, 0.25) is 11.8 Å². The normalized spacial score (nSPS) is 17.2. The largest absolute Gasteiger partial charge is 0.444 e. The summed E-state index contributed by atoms with van der Waals surface area (Å²) in [6, 6.07) is -0.703. The maximum absolute atomic E-state index is 12.5. The van der Waals surface area contributed by atoms with Crippen molar-refractivity contribution in [1.82, 2.24) is 15.5 Å². The van der Waals surface area contributed by atoms with Gasteiger partial charge in [-0.1, -0.05) is 13.8 Å². The SMILES string of the molecule is CC(C)C(NC(=O)OC(C)(C)C)C(=O)N1CCNC(=O)C1. The van der Waals surface area contributed by atoms with Crippen molar-refractivity contribution in [3.63, 3.8) is 0 Å². The minimum absolute atomic E-state index is 0.0258. The summed E-state index contributed by atoms with van der Waals surface area (Å²) in [5.74, 6) is -0.546. The van der Waals surface area contributed by atoms with Gasteiger partial charge in [-0.2, -0.15) is 0 Å². The van der Waals surface area contributed by atoms with E-state index in [1.807, 2.05) is 13.8 Å². The molecular weight excluding hydrogens is 274 g/mol. The van der Waals surface area contributed by atoms with Crippen molar-refractivity contribution in [1.29, 1.82) is 0 Å². The van der Waals surface area contributed by atoms with E-state index >= 15 is 0 Å². The molecule has 1 atom stereocenters. The van der Waals surface area contributed by atoms with Crippen molar-refractivity contribution in [2.45, 2.75) is 46.3 Å². The molecule has 1 fully saturated rings. The molecule has 0 radical (unpaired) electrons. The first-order valence-electron chi connectivity index (χ1n) is 7.15. The summed E-state index contributed by atoms with van der Waals surface area (Å²) < 4.78 is 5.18. The summed E-state index contributed by atoms with van der Waals surface area (Å²) in [6.45, 7) is 9.85. The molecule has 1 rings (SSSR count). The van der Waals surface area contributed by atoms with Gasteiger partial charge in [0.15, 0.2) is 0 Å². The number of hydrogen-bond donors (Lipinski definition) is 2. The number of ether oxygens (including phenoxy) is 1. The van der Waals surface area contributed by atoms with Crippen LogP contribution in [0.5, 0.6) is 0 Å². The van der Waals surface area contributed by atoms with E-state index in [0.29, 0.717) is 13.1 Å². The van der Waals surface area contributed by atoms with E-state index in [1.165, 1.54) is 4.90 Å². The highest BCUT2D eigenvalue weighted by Crippen LogP contribution is 2.11. The van der Waals surface area contributed by atoms with Gasteiger partial charge < -0.3 is 20.3 Å². The first-order valence-corrected chi connectivity index (χ1v) is 7.15. The number of piperazine rings is 1. The van der Waals surface area contributed by atoms with Crippen LogP contribution >= 0.6 is 0 Å². The predicted octanol–water partition coefficient (Wildman–Crippen LogP) is 0.494. The van der Waals surface area contributed by atoms with Crippen LogP contribution in [0.25, 0.3) is 0 Å². The molecule has 7 heteroatoms. The van der Waals surface area contributed by atoms with E-state index < -0.39 is 17.7 Å². The van der Waals surface area contributed by atoms with Gasteiger partial charge in [-0.25, -0.2) is 4.79 Å². The zero-order valence-corrected chi connectivity index (χ0v) is 13.4. The van der Waals surface area contributed by atoms with Gasteiger partial charge in [0.25, 0.3) is 0 Å². The second kappa shape index (κ2) is 6.78. The summed E-state index contributed by atoms with van der Waals surface area (Å²) in [6.07, 6.45) is -0.629. The zero-order chi connectivity index (χ0) is 16.2. The van der Waals surface area contributed by atoms with Gasteiger partial charge in [0.05, 0.1) is 6.54 Å². The number of carbonyl (C=O) groups is 3. The van der Waals surface area contributed by atoms with Gasteiger partial charge in [0, 0.05) is 13.1 Å². The molecule has 0 aliphatic carbocycles. The van der Waals surface area contributed by atoms with E-state index in [4.69, 9.17) is 4.74 Å². The van der Waals surface area contributed by atoms with Crippen LogP contribution in [0.2, 0.25) is 0 Å². The molecule has 120 valence electrons. The topological polar surface area (TPSA) is 87.7 Å². The molecule has 0 spiro atoms. The number of nitrogens with one attached hydrogen (secondary N) is 2. The molecule has 1 unspecified atom stereocenters. The first kappa shape index (κ1) is 17.3. The molecule has 7 nitrogen and oxygen atoms in total. The third kappa shape index (κ3) is 5.61. The Balaban J connectivity index is 2.70. The van der Waals surface area contributed by atoms with Crippen molar-refractivity contribution in [2.24, 2.45) is 5.92 Å². The molecule has 21 heavy (non-hydrogen) atoms. The van der Waals surface area contributed by atoms with Crippen molar-refractivity contribution in [3.8, 4) is 0 Å². The van der Waals surface area contributed by atoms with Crippen molar-refractivity contribution < 1.29 is 19.1 Å². The lowest BCUT2D eigenvalue weighted by Crippen LogP contribution is -2.57. The molecule has 1 aliphatic rings. The van der Waals surface area contributed by atoms with Crippen LogP contribution in [0.4, 0.5) is 4.79 Å². The first-order chi connectivity index (χ1) is 9.60. The van der Waals surface area contributed by atoms with Crippen molar-refractivity contribution in [2.75, 3.05) is 19.6 Å². The number of nitrogens with zero attached hydrogens (tertiary/aromatic N) is 1. The van der Waals surface area contributed by atoms with Gasteiger partial charge in [0.1, 0.15) is 11.6 Å². The quantitative estimate of drug-likeness (QED) is 0.794. The van der Waals surface area contributed by atoms with E-state index in [9.17, 15) is 14.4 Å². The van der Waals surface area contributed by atoms with Crippen LogP contribution in [0, 0.1) is 5.92 Å². The minimum atomic E-state index is -0.703. The lowest BCUT2D eigenvalue weighted by Gasteiger charge is -2.32. The number of rotatable bonds is 3. The molecule has 1 saturated heterocycles. The highest BCUT2D eigenvalue weighted by molar-refractivity contribution is 5.90. The summed E-state index contributed by atoms with van der Waals surface area (Å²) in [4.78, 5) is 37.1. The molecule has 0 aromatic heterocycles. The van der Waals surface area contributed by atoms with Crippen LogP contribution in [-0.4, -0.2) is 54.1 Å². The van der Waals surface area contributed by atoms with Gasteiger partial charge >= 0.3 is 6.09 Å². The average Bonchev–Trinajstić information content (AvgIpc) is 2.32. The van der Waals surface area contributed by atoms with E-state index in [0.717, 1.165) is 0 Å². The fraction of sp³-hybridized carbons (Fsp3) is 0.786. The highest BCUT2D eigenvalue weighted by atomic mass is 16.6. The summed E-state index contributed by atoms with van der Waals surface area (Å²) in [5, 5.41) is 5.26. The summed E-state index contributed by atoms with van der Waals surface area (Å²) >= 11 is 0. The molecule has 0 bridgehead atoms. The highest BCUT2D eigenvalue weighted by Gasteiger charge is 2.32. The minimum Gasteiger partial charge on any atom is -0.444 e. The lowest BCUT2D eigenvalue weighted by molar-refractivity contribution is -0.140. The molecule has 0 aromatic carbocycles. The van der Waals surface area contributed by atoms with E-state index in [2.05, 4.69) is 10.6 Å². The zero-order valence-electron chi connectivity index (χ0n) is 13.4. The Labute approximate surface area is 125 Å². The fourth-order valence-electron chi connectivity index (χ4n) is 1.97.